The highest BCUT2D eigenvalue weighted by Gasteiger charge is 2.25. The summed E-state index contributed by atoms with van der Waals surface area (Å²) in [6.45, 7) is 2.82. The molecule has 1 aromatic rings. The molecule has 84 valence electrons. The van der Waals surface area contributed by atoms with Crippen molar-refractivity contribution in [2.75, 3.05) is 0 Å². The van der Waals surface area contributed by atoms with Crippen molar-refractivity contribution in [3.63, 3.8) is 0 Å². The lowest BCUT2D eigenvalue weighted by Gasteiger charge is -2.16. The summed E-state index contributed by atoms with van der Waals surface area (Å²) in [6, 6.07) is 4.45. The van der Waals surface area contributed by atoms with Gasteiger partial charge >= 0.3 is 12.1 Å². The molecule has 1 aromatic heterocycles. The summed E-state index contributed by atoms with van der Waals surface area (Å²) in [6.07, 6.45) is 0.369. The second kappa shape index (κ2) is 4.06. The molecule has 6 nitrogen and oxygen atoms in total. The number of hydrogen-bond donors (Lipinski definition) is 1. The largest absolute Gasteiger partial charge is 0.477 e. The first-order valence-electron chi connectivity index (χ1n) is 4.42. The minimum Gasteiger partial charge on any atom is -0.477 e. The van der Waals surface area contributed by atoms with E-state index >= 15 is 0 Å². The Labute approximate surface area is 91.7 Å². The molecule has 1 heterocycles. The monoisotopic (exact) mass is 222 g/mol. The van der Waals surface area contributed by atoms with Gasteiger partial charge in [-0.05, 0) is 26.0 Å². The minimum atomic E-state index is -1.29. The fraction of sp³-hybridized carbons (Fsp3) is 0.300. The zero-order valence-electron chi connectivity index (χ0n) is 8.80. The Hall–Kier alpha value is -2.29. The van der Waals surface area contributed by atoms with Crippen molar-refractivity contribution in [3.05, 3.63) is 24.0 Å². The molecule has 16 heavy (non-hydrogen) atoms. The van der Waals surface area contributed by atoms with E-state index in [1.54, 1.807) is 6.07 Å². The second-order valence-electron chi connectivity index (χ2n) is 3.56. The van der Waals surface area contributed by atoms with E-state index in [9.17, 15) is 9.59 Å². The van der Waals surface area contributed by atoms with Gasteiger partial charge in [-0.1, -0.05) is 0 Å². The number of aromatic carboxylic acids is 1. The smallest absolute Gasteiger partial charge is 0.420 e. The van der Waals surface area contributed by atoms with E-state index in [-0.39, 0.29) is 5.69 Å². The third kappa shape index (κ3) is 2.39. The molecule has 1 N–H and O–H groups in total. The molecule has 0 aliphatic heterocycles. The van der Waals surface area contributed by atoms with Crippen molar-refractivity contribution in [3.8, 4) is 6.07 Å². The highest BCUT2D eigenvalue weighted by molar-refractivity contribution is 5.90. The van der Waals surface area contributed by atoms with E-state index in [4.69, 9.17) is 15.1 Å². The Morgan fingerprint density at radius 1 is 1.56 bits per heavy atom. The molecule has 0 spiro atoms. The van der Waals surface area contributed by atoms with Gasteiger partial charge in [0.25, 0.3) is 0 Å². The molecule has 0 saturated carbocycles. The van der Waals surface area contributed by atoms with E-state index in [0.29, 0.717) is 0 Å². The van der Waals surface area contributed by atoms with Gasteiger partial charge in [0.2, 0.25) is 0 Å². The summed E-state index contributed by atoms with van der Waals surface area (Å²) in [5, 5.41) is 17.4. The average Bonchev–Trinajstić information content (AvgIpc) is 2.65. The highest BCUT2D eigenvalue weighted by atomic mass is 16.6. The molecule has 0 aromatic carbocycles. The number of carbonyl (C=O) groups is 2. The summed E-state index contributed by atoms with van der Waals surface area (Å²) < 4.78 is 5.66. The van der Waals surface area contributed by atoms with E-state index in [1.807, 2.05) is 0 Å². The van der Waals surface area contributed by atoms with Gasteiger partial charge in [0, 0.05) is 6.20 Å². The minimum absolute atomic E-state index is 0.210. The highest BCUT2D eigenvalue weighted by Crippen LogP contribution is 2.11. The first-order chi connectivity index (χ1) is 7.37. The van der Waals surface area contributed by atoms with Crippen molar-refractivity contribution in [1.29, 1.82) is 5.26 Å². The van der Waals surface area contributed by atoms with Crippen LogP contribution in [-0.2, 0) is 4.74 Å². The summed E-state index contributed by atoms with van der Waals surface area (Å²) in [7, 11) is 0. The van der Waals surface area contributed by atoms with Crippen molar-refractivity contribution < 1.29 is 19.4 Å². The van der Waals surface area contributed by atoms with Gasteiger partial charge < -0.3 is 9.84 Å². The standard InChI is InChI=1S/C10H10N2O4/c1-10(2,6-11)16-9(15)12-5-3-4-7(12)8(13)14/h3-5H,1-2H3,(H,13,14). The van der Waals surface area contributed by atoms with E-state index < -0.39 is 17.7 Å². The SMILES string of the molecule is CC(C)(C#N)OC(=O)n1cccc1C(=O)O. The predicted octanol–water partition coefficient (Wildman–Crippen LogP) is 1.47. The maximum Gasteiger partial charge on any atom is 0.420 e. The maximum absolute atomic E-state index is 11.5. The number of rotatable bonds is 2. The number of hydrogen-bond acceptors (Lipinski definition) is 4. The van der Waals surface area contributed by atoms with Crippen LogP contribution in [0, 0.1) is 11.3 Å². The summed E-state index contributed by atoms with van der Waals surface area (Å²) in [5.41, 5.74) is -1.50. The third-order valence-electron chi connectivity index (χ3n) is 1.78. The molecule has 0 bridgehead atoms. The molecule has 0 unspecified atom stereocenters. The lowest BCUT2D eigenvalue weighted by atomic mass is 10.2. The van der Waals surface area contributed by atoms with Gasteiger partial charge in [0.15, 0.2) is 5.60 Å². The fourth-order valence-corrected chi connectivity index (χ4v) is 1.00. The lowest BCUT2D eigenvalue weighted by molar-refractivity contribution is 0.0644. The molecule has 0 radical (unpaired) electrons. The lowest BCUT2D eigenvalue weighted by Crippen LogP contribution is -2.29. The third-order valence-corrected chi connectivity index (χ3v) is 1.78. The Morgan fingerprint density at radius 2 is 2.19 bits per heavy atom. The van der Waals surface area contributed by atoms with Gasteiger partial charge in [-0.2, -0.15) is 5.26 Å². The first-order valence-corrected chi connectivity index (χ1v) is 4.42. The molecule has 0 atom stereocenters. The van der Waals surface area contributed by atoms with Crippen LogP contribution in [0.3, 0.4) is 0 Å². The molecule has 0 amide bonds. The zero-order valence-corrected chi connectivity index (χ0v) is 8.80. The summed E-state index contributed by atoms with van der Waals surface area (Å²) in [5.74, 6) is -1.24. The maximum atomic E-state index is 11.5. The van der Waals surface area contributed by atoms with Gasteiger partial charge in [-0.25, -0.2) is 14.2 Å². The Balaban J connectivity index is 2.95. The van der Waals surface area contributed by atoms with Gasteiger partial charge in [0.1, 0.15) is 11.8 Å². The molecule has 0 fully saturated rings. The number of aromatic nitrogens is 1. The van der Waals surface area contributed by atoms with Crippen LogP contribution in [0.4, 0.5) is 4.79 Å². The Morgan fingerprint density at radius 3 is 2.69 bits per heavy atom. The molecular formula is C10H10N2O4. The van der Waals surface area contributed by atoms with Crippen LogP contribution >= 0.6 is 0 Å². The number of nitrogens with zero attached hydrogens (tertiary/aromatic N) is 2. The van der Waals surface area contributed by atoms with Gasteiger partial charge in [-0.3, -0.25) is 0 Å². The topological polar surface area (TPSA) is 92.3 Å². The molecule has 0 aliphatic rings. The molecule has 6 heteroatoms. The Bertz CT molecular complexity index is 467. The van der Waals surface area contributed by atoms with Crippen LogP contribution in [0.5, 0.6) is 0 Å². The van der Waals surface area contributed by atoms with Crippen LogP contribution < -0.4 is 0 Å². The predicted molar refractivity (Wildman–Crippen MR) is 53.0 cm³/mol. The van der Waals surface area contributed by atoms with Crippen molar-refractivity contribution in [2.24, 2.45) is 0 Å². The quantitative estimate of drug-likeness (QED) is 0.817. The number of carboxylic acid groups (broad SMARTS) is 1. The number of ether oxygens (including phenoxy) is 1. The Kier molecular flexibility index (Phi) is 2.99. The van der Waals surface area contributed by atoms with E-state index in [1.165, 1.54) is 32.2 Å². The normalized spacial score (nSPS) is 10.6. The number of carboxylic acids is 1. The van der Waals surface area contributed by atoms with Crippen LogP contribution in [-0.4, -0.2) is 27.3 Å². The zero-order chi connectivity index (χ0) is 12.3. The van der Waals surface area contributed by atoms with Crippen LogP contribution in [0.15, 0.2) is 18.3 Å². The summed E-state index contributed by atoms with van der Waals surface area (Å²) >= 11 is 0. The van der Waals surface area contributed by atoms with Crippen LogP contribution in [0.2, 0.25) is 0 Å². The molecule has 0 saturated heterocycles. The summed E-state index contributed by atoms with van der Waals surface area (Å²) in [4.78, 5) is 22.3. The van der Waals surface area contributed by atoms with Gasteiger partial charge in [-0.15, -0.1) is 0 Å². The number of carbonyl (C=O) groups excluding carboxylic acids is 1. The van der Waals surface area contributed by atoms with Crippen LogP contribution in [0.1, 0.15) is 24.3 Å². The van der Waals surface area contributed by atoms with Crippen molar-refractivity contribution >= 4 is 12.1 Å². The van der Waals surface area contributed by atoms with Crippen molar-refractivity contribution in [2.45, 2.75) is 19.4 Å². The molecular weight excluding hydrogens is 212 g/mol. The number of nitriles is 1. The average molecular weight is 222 g/mol. The van der Waals surface area contributed by atoms with Crippen molar-refractivity contribution in [1.82, 2.24) is 4.57 Å². The molecule has 0 aliphatic carbocycles. The van der Waals surface area contributed by atoms with E-state index in [2.05, 4.69) is 0 Å². The van der Waals surface area contributed by atoms with E-state index in [0.717, 1.165) is 4.57 Å². The second-order valence-corrected chi connectivity index (χ2v) is 3.56. The first kappa shape index (κ1) is 11.8. The van der Waals surface area contributed by atoms with Gasteiger partial charge in [0.05, 0.1) is 0 Å². The molecule has 1 rings (SSSR count). The fourth-order valence-electron chi connectivity index (χ4n) is 1.00. The van der Waals surface area contributed by atoms with Crippen LogP contribution in [0.25, 0.3) is 0 Å².